The fourth-order valence-electron chi connectivity index (χ4n) is 1.46. The Morgan fingerprint density at radius 1 is 1.50 bits per heavy atom. The molecule has 0 heterocycles. The lowest BCUT2D eigenvalue weighted by Gasteiger charge is -2.11. The molecule has 0 amide bonds. The second kappa shape index (κ2) is 6.45. The van der Waals surface area contributed by atoms with Crippen LogP contribution < -0.4 is 0 Å². The number of esters is 1. The molecule has 0 N–H and O–H groups in total. The zero-order chi connectivity index (χ0) is 13.5. The third kappa shape index (κ3) is 3.63. The molecule has 94 valence electrons. The zero-order valence-corrected chi connectivity index (χ0v) is 10.8. The van der Waals surface area contributed by atoms with Gasteiger partial charge in [0.15, 0.2) is 5.69 Å². The average molecular weight is 244 g/mol. The molecule has 0 aliphatic rings. The summed E-state index contributed by atoms with van der Waals surface area (Å²) in [6.45, 7) is 9.08. The molecule has 0 bridgehead atoms. The van der Waals surface area contributed by atoms with Gasteiger partial charge in [-0.05, 0) is 18.6 Å². The van der Waals surface area contributed by atoms with Gasteiger partial charge in [-0.2, -0.15) is 0 Å². The van der Waals surface area contributed by atoms with Gasteiger partial charge in [-0.25, -0.2) is 9.64 Å². The first-order valence-corrected chi connectivity index (χ1v) is 5.61. The highest BCUT2D eigenvalue weighted by Crippen LogP contribution is 2.22. The number of nitrogens with zero attached hydrogens (tertiary/aromatic N) is 2. The SMILES string of the molecule is [C-]#[N+]c1cccc(/C(=C\N(C)C)C(=O)OCC)c1. The first-order chi connectivity index (χ1) is 8.58. The molecule has 0 fully saturated rings. The van der Waals surface area contributed by atoms with Gasteiger partial charge in [0, 0.05) is 20.3 Å². The number of hydrogen-bond acceptors (Lipinski definition) is 3. The minimum atomic E-state index is -0.381. The Hall–Kier alpha value is -2.28. The van der Waals surface area contributed by atoms with Crippen LogP contribution in [-0.4, -0.2) is 31.6 Å². The van der Waals surface area contributed by atoms with E-state index in [1.807, 2.05) is 14.1 Å². The highest BCUT2D eigenvalue weighted by Gasteiger charge is 2.13. The van der Waals surface area contributed by atoms with Crippen LogP contribution in [0.5, 0.6) is 0 Å². The molecule has 0 spiro atoms. The summed E-state index contributed by atoms with van der Waals surface area (Å²) in [5, 5.41) is 0. The Labute approximate surface area is 107 Å². The molecule has 1 rings (SSSR count). The molecule has 0 aliphatic heterocycles. The molecule has 0 atom stereocenters. The van der Waals surface area contributed by atoms with Crippen LogP contribution in [0, 0.1) is 6.57 Å². The second-order valence-electron chi connectivity index (χ2n) is 3.89. The summed E-state index contributed by atoms with van der Waals surface area (Å²) in [6.07, 6.45) is 1.70. The van der Waals surface area contributed by atoms with Crippen molar-refractivity contribution in [3.63, 3.8) is 0 Å². The third-order valence-electron chi connectivity index (χ3n) is 2.17. The van der Waals surface area contributed by atoms with E-state index in [9.17, 15) is 4.79 Å². The Bertz CT molecular complexity index is 499. The van der Waals surface area contributed by atoms with Crippen molar-refractivity contribution in [1.82, 2.24) is 4.90 Å². The van der Waals surface area contributed by atoms with Gasteiger partial charge in [0.2, 0.25) is 0 Å². The lowest BCUT2D eigenvalue weighted by Crippen LogP contribution is -2.11. The van der Waals surface area contributed by atoms with Crippen LogP contribution in [-0.2, 0) is 9.53 Å². The van der Waals surface area contributed by atoms with E-state index >= 15 is 0 Å². The van der Waals surface area contributed by atoms with E-state index in [2.05, 4.69) is 4.85 Å². The van der Waals surface area contributed by atoms with Gasteiger partial charge in [-0.15, -0.1) is 0 Å². The van der Waals surface area contributed by atoms with Crippen molar-refractivity contribution in [2.24, 2.45) is 0 Å². The zero-order valence-electron chi connectivity index (χ0n) is 10.8. The third-order valence-corrected chi connectivity index (χ3v) is 2.17. The first kappa shape index (κ1) is 13.8. The predicted molar refractivity (Wildman–Crippen MR) is 71.0 cm³/mol. The average Bonchev–Trinajstić information content (AvgIpc) is 2.36. The smallest absolute Gasteiger partial charge is 0.340 e. The minimum absolute atomic E-state index is 0.326. The number of carbonyl (C=O) groups is 1. The van der Waals surface area contributed by atoms with E-state index in [0.29, 0.717) is 23.4 Å². The van der Waals surface area contributed by atoms with Crippen LogP contribution in [0.3, 0.4) is 0 Å². The highest BCUT2D eigenvalue weighted by atomic mass is 16.5. The lowest BCUT2D eigenvalue weighted by molar-refractivity contribution is -0.136. The molecule has 0 unspecified atom stereocenters. The summed E-state index contributed by atoms with van der Waals surface area (Å²) in [5.41, 5.74) is 1.64. The molecule has 1 aromatic rings. The lowest BCUT2D eigenvalue weighted by atomic mass is 10.1. The maximum Gasteiger partial charge on any atom is 0.340 e. The van der Waals surface area contributed by atoms with Gasteiger partial charge in [0.1, 0.15) is 0 Å². The largest absolute Gasteiger partial charge is 0.462 e. The van der Waals surface area contributed by atoms with E-state index in [1.165, 1.54) is 0 Å². The van der Waals surface area contributed by atoms with Gasteiger partial charge in [0.25, 0.3) is 0 Å². The number of carbonyl (C=O) groups excluding carboxylic acids is 1. The summed E-state index contributed by atoms with van der Waals surface area (Å²) >= 11 is 0. The number of benzene rings is 1. The van der Waals surface area contributed by atoms with E-state index in [-0.39, 0.29) is 5.97 Å². The number of hydrogen-bond donors (Lipinski definition) is 0. The first-order valence-electron chi connectivity index (χ1n) is 5.61. The molecule has 0 saturated carbocycles. The van der Waals surface area contributed by atoms with Crippen molar-refractivity contribution < 1.29 is 9.53 Å². The van der Waals surface area contributed by atoms with E-state index < -0.39 is 0 Å². The van der Waals surface area contributed by atoms with Crippen molar-refractivity contribution in [1.29, 1.82) is 0 Å². The molecule has 0 radical (unpaired) electrons. The predicted octanol–water partition coefficient (Wildman–Crippen LogP) is 2.70. The van der Waals surface area contributed by atoms with Crippen LogP contribution in [0.1, 0.15) is 12.5 Å². The molecule has 1 aromatic carbocycles. The molecular weight excluding hydrogens is 228 g/mol. The van der Waals surface area contributed by atoms with Crippen molar-refractivity contribution in [2.75, 3.05) is 20.7 Å². The van der Waals surface area contributed by atoms with E-state index in [4.69, 9.17) is 11.3 Å². The summed E-state index contributed by atoms with van der Waals surface area (Å²) < 4.78 is 5.02. The summed E-state index contributed by atoms with van der Waals surface area (Å²) in [4.78, 5) is 17.0. The number of rotatable bonds is 4. The van der Waals surface area contributed by atoms with Crippen LogP contribution in [0.2, 0.25) is 0 Å². The van der Waals surface area contributed by atoms with Gasteiger partial charge >= 0.3 is 5.97 Å². The highest BCUT2D eigenvalue weighted by molar-refractivity contribution is 6.16. The monoisotopic (exact) mass is 244 g/mol. The fraction of sp³-hybridized carbons (Fsp3) is 0.286. The summed E-state index contributed by atoms with van der Waals surface area (Å²) in [5.74, 6) is -0.381. The molecule has 4 nitrogen and oxygen atoms in total. The Kier molecular flexibility index (Phi) is 4.94. The van der Waals surface area contributed by atoms with Crippen LogP contribution >= 0.6 is 0 Å². The van der Waals surface area contributed by atoms with Crippen LogP contribution in [0.4, 0.5) is 5.69 Å². The number of ether oxygens (including phenoxy) is 1. The summed E-state index contributed by atoms with van der Waals surface area (Å²) in [7, 11) is 3.66. The van der Waals surface area contributed by atoms with Gasteiger partial charge in [-0.1, -0.05) is 18.2 Å². The quantitative estimate of drug-likeness (QED) is 0.464. The Morgan fingerprint density at radius 3 is 2.78 bits per heavy atom. The fourth-order valence-corrected chi connectivity index (χ4v) is 1.46. The van der Waals surface area contributed by atoms with Gasteiger partial charge < -0.3 is 9.64 Å². The molecule has 4 heteroatoms. The maximum atomic E-state index is 11.9. The Balaban J connectivity index is 3.18. The normalized spacial score (nSPS) is 10.7. The Morgan fingerprint density at radius 2 is 2.22 bits per heavy atom. The van der Waals surface area contributed by atoms with E-state index in [0.717, 1.165) is 0 Å². The van der Waals surface area contributed by atoms with E-state index in [1.54, 1.807) is 42.3 Å². The van der Waals surface area contributed by atoms with Crippen LogP contribution in [0.25, 0.3) is 10.4 Å². The second-order valence-corrected chi connectivity index (χ2v) is 3.89. The van der Waals surface area contributed by atoms with Crippen LogP contribution in [0.15, 0.2) is 30.5 Å². The van der Waals surface area contributed by atoms with Crippen molar-refractivity contribution in [2.45, 2.75) is 6.92 Å². The maximum absolute atomic E-state index is 11.9. The standard InChI is InChI=1S/C14H16N2O2/c1-5-18-14(17)13(10-16(3)4)11-7-6-8-12(9-11)15-2/h6-10H,5H2,1,3-4H3/b13-10+. The van der Waals surface area contributed by atoms with Gasteiger partial charge in [-0.3, -0.25) is 0 Å². The molecule has 0 aliphatic carbocycles. The molecular formula is C14H16N2O2. The minimum Gasteiger partial charge on any atom is -0.462 e. The van der Waals surface area contributed by atoms with Gasteiger partial charge in [0.05, 0.1) is 18.8 Å². The van der Waals surface area contributed by atoms with Crippen molar-refractivity contribution in [3.8, 4) is 0 Å². The van der Waals surface area contributed by atoms with Crippen molar-refractivity contribution >= 4 is 17.2 Å². The summed E-state index contributed by atoms with van der Waals surface area (Å²) in [6, 6.07) is 6.93. The molecule has 0 aromatic heterocycles. The molecule has 0 saturated heterocycles. The van der Waals surface area contributed by atoms with Crippen molar-refractivity contribution in [3.05, 3.63) is 47.4 Å². The topological polar surface area (TPSA) is 33.9 Å². The molecule has 18 heavy (non-hydrogen) atoms.